The van der Waals surface area contributed by atoms with Crippen LogP contribution in [-0.4, -0.2) is 24.2 Å². The van der Waals surface area contributed by atoms with Crippen molar-refractivity contribution in [3.63, 3.8) is 0 Å². The Kier molecular flexibility index (Phi) is 3.55. The van der Waals surface area contributed by atoms with Crippen LogP contribution in [0.2, 0.25) is 0 Å². The van der Waals surface area contributed by atoms with E-state index >= 15 is 0 Å². The van der Waals surface area contributed by atoms with E-state index in [4.69, 9.17) is 32.6 Å². The Morgan fingerprint density at radius 2 is 1.95 bits per heavy atom. The number of rotatable bonds is 3. The summed E-state index contributed by atoms with van der Waals surface area (Å²) in [5, 5.41) is 7.34. The highest BCUT2D eigenvalue weighted by molar-refractivity contribution is 8.09. The van der Waals surface area contributed by atoms with Crippen molar-refractivity contribution >= 4 is 38.1 Å². The van der Waals surface area contributed by atoms with Crippen molar-refractivity contribution in [1.82, 2.24) is 5.16 Å². The van der Waals surface area contributed by atoms with Gasteiger partial charge in [-0.25, -0.2) is 8.42 Å². The summed E-state index contributed by atoms with van der Waals surface area (Å²) in [5.74, 6) is 0.575. The van der Waals surface area contributed by atoms with Gasteiger partial charge in [0.1, 0.15) is 11.4 Å². The maximum atomic E-state index is 12.8. The summed E-state index contributed by atoms with van der Waals surface area (Å²) in [4.78, 5) is 5.12. The molecule has 0 spiro atoms. The van der Waals surface area contributed by atoms with Crippen LogP contribution in [0.1, 0.15) is 56.0 Å². The molecule has 0 aromatic carbocycles. The molecule has 3 rings (SSSR count). The van der Waals surface area contributed by atoms with Gasteiger partial charge >= 0.3 is 0 Å². The molecule has 9 heteroatoms. The second-order valence-electron chi connectivity index (χ2n) is 6.31. The first-order chi connectivity index (χ1) is 10.1. The Hall–Kier alpha value is -0.790. The maximum absolute atomic E-state index is 12.8. The van der Waals surface area contributed by atoms with Gasteiger partial charge < -0.3 is 9.36 Å². The van der Waals surface area contributed by atoms with Gasteiger partial charge in [0.2, 0.25) is 9.84 Å². The number of aromatic nitrogens is 1. The second-order valence-corrected chi connectivity index (χ2v) is 10.2. The molecule has 0 amide bonds. The minimum Gasteiger partial charge on any atom is -0.389 e. The van der Waals surface area contributed by atoms with Crippen LogP contribution in [0.4, 0.5) is 0 Å². The number of nitrogens with zero attached hydrogens (tertiary/aromatic N) is 2. The summed E-state index contributed by atoms with van der Waals surface area (Å²) >= 11 is 12.6. The van der Waals surface area contributed by atoms with E-state index in [1.54, 1.807) is 20.8 Å². The summed E-state index contributed by atoms with van der Waals surface area (Å²) in [5.41, 5.74) is -0.116. The van der Waals surface area contributed by atoms with Crippen molar-refractivity contribution in [3.05, 3.63) is 17.0 Å². The van der Waals surface area contributed by atoms with Crippen molar-refractivity contribution in [2.24, 2.45) is 5.16 Å². The molecule has 0 bridgehead atoms. The van der Waals surface area contributed by atoms with E-state index in [0.29, 0.717) is 11.5 Å². The van der Waals surface area contributed by atoms with E-state index in [1.165, 1.54) is 0 Å². The second kappa shape index (κ2) is 4.85. The Morgan fingerprint density at radius 3 is 2.45 bits per heavy atom. The van der Waals surface area contributed by atoms with Crippen molar-refractivity contribution in [1.29, 1.82) is 0 Å². The number of hydrogen-bond donors (Lipinski definition) is 0. The Labute approximate surface area is 138 Å². The SMILES string of the molecule is Cc1noc(C2CC2)c1C(Cl)(Cl)S(=O)(=O)C1=NOC(C)(C)C1. The number of alkyl halides is 2. The highest BCUT2D eigenvalue weighted by atomic mass is 35.5. The first-order valence-corrected chi connectivity index (χ1v) is 9.14. The van der Waals surface area contributed by atoms with Crippen LogP contribution in [-0.2, 0) is 18.3 Å². The fourth-order valence-electron chi connectivity index (χ4n) is 2.40. The van der Waals surface area contributed by atoms with Gasteiger partial charge in [-0.2, -0.15) is 0 Å². The quantitative estimate of drug-likeness (QED) is 0.765. The molecule has 122 valence electrons. The smallest absolute Gasteiger partial charge is 0.254 e. The van der Waals surface area contributed by atoms with Crippen LogP contribution in [0.15, 0.2) is 9.68 Å². The van der Waals surface area contributed by atoms with Gasteiger partial charge in [-0.05, 0) is 33.6 Å². The van der Waals surface area contributed by atoms with Crippen LogP contribution in [0.25, 0.3) is 0 Å². The van der Waals surface area contributed by atoms with Gasteiger partial charge in [0.15, 0.2) is 5.04 Å². The van der Waals surface area contributed by atoms with E-state index in [9.17, 15) is 8.42 Å². The van der Waals surface area contributed by atoms with Gasteiger partial charge in [0.05, 0.1) is 11.3 Å². The third-order valence-electron chi connectivity index (χ3n) is 3.75. The molecule has 1 aromatic heterocycles. The fraction of sp³-hybridized carbons (Fsp3) is 0.692. The fourth-order valence-corrected chi connectivity index (χ4v) is 4.88. The lowest BCUT2D eigenvalue weighted by Gasteiger charge is -2.20. The largest absolute Gasteiger partial charge is 0.389 e. The van der Waals surface area contributed by atoms with Crippen molar-refractivity contribution in [3.8, 4) is 0 Å². The van der Waals surface area contributed by atoms with Crippen molar-refractivity contribution < 1.29 is 17.8 Å². The lowest BCUT2D eigenvalue weighted by atomic mass is 10.1. The average molecular weight is 367 g/mol. The van der Waals surface area contributed by atoms with Gasteiger partial charge in [-0.15, -0.1) is 0 Å². The first-order valence-electron chi connectivity index (χ1n) is 6.90. The van der Waals surface area contributed by atoms with E-state index in [-0.39, 0.29) is 22.9 Å². The molecule has 0 atom stereocenters. The minimum atomic E-state index is -4.13. The Morgan fingerprint density at radius 1 is 1.32 bits per heavy atom. The number of oxime groups is 1. The van der Waals surface area contributed by atoms with E-state index in [2.05, 4.69) is 10.3 Å². The molecular weight excluding hydrogens is 351 g/mol. The highest BCUT2D eigenvalue weighted by Crippen LogP contribution is 2.51. The molecule has 1 aliphatic carbocycles. The maximum Gasteiger partial charge on any atom is 0.254 e. The molecule has 1 aliphatic heterocycles. The summed E-state index contributed by atoms with van der Waals surface area (Å²) in [7, 11) is -4.13. The topological polar surface area (TPSA) is 81.8 Å². The lowest BCUT2D eigenvalue weighted by Crippen LogP contribution is -2.33. The summed E-state index contributed by atoms with van der Waals surface area (Å²) in [6.07, 6.45) is 1.92. The van der Waals surface area contributed by atoms with E-state index in [0.717, 1.165) is 12.8 Å². The molecule has 2 aliphatic rings. The zero-order valence-corrected chi connectivity index (χ0v) is 14.7. The number of hydrogen-bond acceptors (Lipinski definition) is 6. The molecule has 0 radical (unpaired) electrons. The molecular formula is C13H16Cl2N2O4S. The summed E-state index contributed by atoms with van der Waals surface area (Å²) in [6, 6.07) is 0. The zero-order valence-electron chi connectivity index (χ0n) is 12.4. The molecule has 0 unspecified atom stereocenters. The molecule has 1 fully saturated rings. The van der Waals surface area contributed by atoms with Crippen LogP contribution in [0, 0.1) is 6.92 Å². The van der Waals surface area contributed by atoms with Crippen LogP contribution < -0.4 is 0 Å². The van der Waals surface area contributed by atoms with Crippen LogP contribution in [0.5, 0.6) is 0 Å². The Bertz CT molecular complexity index is 748. The molecule has 1 aromatic rings. The third-order valence-corrected chi connectivity index (χ3v) is 7.06. The predicted octanol–water partition coefficient (Wildman–Crippen LogP) is 3.38. The summed E-state index contributed by atoms with van der Waals surface area (Å²) in [6.45, 7) is 5.10. The molecule has 6 nitrogen and oxygen atoms in total. The van der Waals surface area contributed by atoms with Gasteiger partial charge in [-0.1, -0.05) is 33.5 Å². The van der Waals surface area contributed by atoms with Gasteiger partial charge in [0.25, 0.3) is 3.67 Å². The molecule has 0 N–H and O–H groups in total. The first kappa shape index (κ1) is 16.1. The van der Waals surface area contributed by atoms with Crippen LogP contribution >= 0.6 is 23.2 Å². The minimum absolute atomic E-state index is 0.111. The van der Waals surface area contributed by atoms with Crippen molar-refractivity contribution in [2.75, 3.05) is 0 Å². The van der Waals surface area contributed by atoms with Gasteiger partial charge in [0, 0.05) is 12.3 Å². The number of halogens is 2. The van der Waals surface area contributed by atoms with Crippen LogP contribution in [0.3, 0.4) is 0 Å². The zero-order chi connectivity index (χ0) is 16.3. The van der Waals surface area contributed by atoms with E-state index in [1.807, 2.05) is 0 Å². The van der Waals surface area contributed by atoms with Gasteiger partial charge in [-0.3, -0.25) is 0 Å². The third kappa shape index (κ3) is 2.43. The summed E-state index contributed by atoms with van der Waals surface area (Å²) < 4.78 is 28.7. The predicted molar refractivity (Wildman–Crippen MR) is 82.7 cm³/mol. The standard InChI is InChI=1S/C13H16Cl2N2O4S/c1-7-10(11(20-16-7)8-4-5-8)13(14,15)22(18,19)9-6-12(2,3)21-17-9/h8H,4-6H2,1-3H3. The highest BCUT2D eigenvalue weighted by Gasteiger charge is 2.53. The molecule has 2 heterocycles. The molecule has 0 saturated heterocycles. The van der Waals surface area contributed by atoms with Crippen molar-refractivity contribution in [2.45, 2.75) is 55.2 Å². The normalized spacial score (nSPS) is 21.6. The number of aryl methyl sites for hydroxylation is 1. The Balaban J connectivity index is 2.04. The lowest BCUT2D eigenvalue weighted by molar-refractivity contribution is 0.0123. The van der Waals surface area contributed by atoms with E-state index < -0.39 is 19.1 Å². The number of sulfone groups is 1. The molecule has 1 saturated carbocycles. The molecule has 22 heavy (non-hydrogen) atoms. The average Bonchev–Trinajstić information content (AvgIpc) is 3.07. The monoisotopic (exact) mass is 366 g/mol.